The Morgan fingerprint density at radius 1 is 0.878 bits per heavy atom. The maximum absolute atomic E-state index is 14.1. The first-order chi connectivity index (χ1) is 20.0. The largest absolute Gasteiger partial charge is 0.356 e. The summed E-state index contributed by atoms with van der Waals surface area (Å²) in [4.78, 5) is 47.3. The highest BCUT2D eigenvalue weighted by Crippen LogP contribution is 2.45. The lowest BCUT2D eigenvalue weighted by atomic mass is 9.87. The quantitative estimate of drug-likeness (QED) is 0.273. The summed E-state index contributed by atoms with van der Waals surface area (Å²) < 4.78 is 0. The topological polar surface area (TPSA) is 85.5 Å². The molecule has 2 unspecified atom stereocenters. The van der Waals surface area contributed by atoms with Crippen LogP contribution < -0.4 is 10.2 Å². The van der Waals surface area contributed by atoms with E-state index in [2.05, 4.69) is 16.4 Å². The molecule has 1 aromatic heterocycles. The minimum Gasteiger partial charge on any atom is -0.356 e. The Morgan fingerprint density at radius 2 is 1.59 bits per heavy atom. The Hall–Kier alpha value is -5.17. The Labute approximate surface area is 237 Å². The van der Waals surface area contributed by atoms with Crippen molar-refractivity contribution in [2.24, 2.45) is 0 Å². The van der Waals surface area contributed by atoms with E-state index >= 15 is 0 Å². The van der Waals surface area contributed by atoms with Crippen LogP contribution in [0.4, 0.5) is 10.5 Å². The van der Waals surface area contributed by atoms with E-state index in [-0.39, 0.29) is 17.8 Å². The third kappa shape index (κ3) is 4.09. The molecule has 0 spiro atoms. The van der Waals surface area contributed by atoms with Crippen LogP contribution >= 0.6 is 0 Å². The number of rotatable bonds is 5. The molecule has 1 fully saturated rings. The van der Waals surface area contributed by atoms with Crippen molar-refractivity contribution in [1.82, 2.24) is 15.2 Å². The lowest BCUT2D eigenvalue weighted by molar-refractivity contribution is -0.120. The average Bonchev–Trinajstić information content (AvgIpc) is 3.50. The summed E-state index contributed by atoms with van der Waals surface area (Å²) in [6.07, 6.45) is 0.433. The number of fused-ring (bicyclic) bond motifs is 4. The first kappa shape index (κ1) is 24.8. The van der Waals surface area contributed by atoms with Crippen LogP contribution in [0, 0.1) is 6.92 Å². The second-order valence-electron chi connectivity index (χ2n) is 10.6. The second kappa shape index (κ2) is 9.78. The van der Waals surface area contributed by atoms with Crippen molar-refractivity contribution in [3.63, 3.8) is 0 Å². The van der Waals surface area contributed by atoms with Crippen LogP contribution in [0.15, 0.2) is 103 Å². The van der Waals surface area contributed by atoms with Gasteiger partial charge in [0, 0.05) is 35.1 Å². The number of aryl methyl sites for hydroxylation is 1. The Morgan fingerprint density at radius 3 is 2.37 bits per heavy atom. The van der Waals surface area contributed by atoms with Gasteiger partial charge in [0.2, 0.25) is 0 Å². The number of H-pyrrole nitrogens is 1. The van der Waals surface area contributed by atoms with Gasteiger partial charge in [-0.2, -0.15) is 0 Å². The fraction of sp³-hybridized carbons (Fsp3) is 0.147. The third-order valence-electron chi connectivity index (χ3n) is 8.22. The van der Waals surface area contributed by atoms with E-state index in [4.69, 9.17) is 0 Å². The van der Waals surface area contributed by atoms with Gasteiger partial charge in [-0.15, -0.1) is 0 Å². The molecule has 2 aliphatic rings. The SMILES string of the molecule is Cc1ccccc1C1c2[nH]c3ccccc3c2CC2C(=O)N(c3ccc(C(=O)NCc4ccccc4)cc3)C(=O)N21. The number of carbonyl (C=O) groups excluding carboxylic acids is 3. The predicted octanol–water partition coefficient (Wildman–Crippen LogP) is 5.89. The number of imide groups is 1. The van der Waals surface area contributed by atoms with Gasteiger partial charge in [0.15, 0.2) is 0 Å². The monoisotopic (exact) mass is 540 g/mol. The fourth-order valence-electron chi connectivity index (χ4n) is 6.17. The molecule has 3 heterocycles. The van der Waals surface area contributed by atoms with Crippen LogP contribution in [-0.4, -0.2) is 33.8 Å². The molecular weight excluding hydrogens is 512 g/mol. The molecule has 2 N–H and O–H groups in total. The minimum absolute atomic E-state index is 0.220. The molecule has 1 saturated heterocycles. The fourth-order valence-corrected chi connectivity index (χ4v) is 6.17. The minimum atomic E-state index is -0.632. The Balaban J connectivity index is 1.21. The zero-order chi connectivity index (χ0) is 28.1. The van der Waals surface area contributed by atoms with Crippen molar-refractivity contribution in [2.45, 2.75) is 32.0 Å². The van der Waals surface area contributed by atoms with Gasteiger partial charge in [0.05, 0.1) is 5.69 Å². The Kier molecular flexibility index (Phi) is 5.93. The number of aromatic nitrogens is 1. The van der Waals surface area contributed by atoms with Gasteiger partial charge in [0.1, 0.15) is 12.1 Å². The number of aromatic amines is 1. The van der Waals surface area contributed by atoms with Crippen LogP contribution in [-0.2, 0) is 17.8 Å². The number of nitrogens with one attached hydrogen (secondary N) is 2. The summed E-state index contributed by atoms with van der Waals surface area (Å²) in [5, 5.41) is 3.99. The molecule has 7 heteroatoms. The second-order valence-corrected chi connectivity index (χ2v) is 10.6. The molecule has 4 aromatic carbocycles. The summed E-state index contributed by atoms with van der Waals surface area (Å²) in [6.45, 7) is 2.44. The van der Waals surface area contributed by atoms with Crippen molar-refractivity contribution in [1.29, 1.82) is 0 Å². The molecule has 7 rings (SSSR count). The molecule has 2 atom stereocenters. The van der Waals surface area contributed by atoms with Gasteiger partial charge < -0.3 is 10.3 Å². The van der Waals surface area contributed by atoms with E-state index in [1.807, 2.05) is 79.7 Å². The normalized spacial score (nSPS) is 18.0. The number of para-hydroxylation sites is 1. The molecule has 41 heavy (non-hydrogen) atoms. The van der Waals surface area contributed by atoms with E-state index in [0.29, 0.717) is 24.2 Å². The molecule has 0 saturated carbocycles. The first-order valence-electron chi connectivity index (χ1n) is 13.7. The van der Waals surface area contributed by atoms with E-state index in [1.54, 1.807) is 29.2 Å². The molecule has 0 aliphatic carbocycles. The highest BCUT2D eigenvalue weighted by atomic mass is 16.2. The van der Waals surface area contributed by atoms with Gasteiger partial charge in [0.25, 0.3) is 11.8 Å². The van der Waals surface area contributed by atoms with E-state index in [1.165, 1.54) is 4.90 Å². The van der Waals surface area contributed by atoms with E-state index < -0.39 is 12.1 Å². The Bertz CT molecular complexity index is 1810. The molecule has 5 aromatic rings. The molecular formula is C34H28N4O3. The summed E-state index contributed by atoms with van der Waals surface area (Å²) in [7, 11) is 0. The summed E-state index contributed by atoms with van der Waals surface area (Å²) in [5.41, 5.74) is 6.96. The highest BCUT2D eigenvalue weighted by molar-refractivity contribution is 6.22. The number of nitrogens with zero attached hydrogens (tertiary/aromatic N) is 2. The maximum Gasteiger partial charge on any atom is 0.332 e. The van der Waals surface area contributed by atoms with E-state index in [0.717, 1.165) is 38.9 Å². The lowest BCUT2D eigenvalue weighted by Crippen LogP contribution is -2.44. The van der Waals surface area contributed by atoms with Gasteiger partial charge in [-0.1, -0.05) is 72.8 Å². The molecule has 2 aliphatic heterocycles. The number of benzene rings is 4. The zero-order valence-electron chi connectivity index (χ0n) is 22.5. The van der Waals surface area contributed by atoms with Crippen LogP contribution in [0.25, 0.3) is 10.9 Å². The molecule has 4 amide bonds. The van der Waals surface area contributed by atoms with Crippen LogP contribution in [0.2, 0.25) is 0 Å². The summed E-state index contributed by atoms with van der Waals surface area (Å²) >= 11 is 0. The number of hydrogen-bond donors (Lipinski definition) is 2. The average molecular weight is 541 g/mol. The lowest BCUT2D eigenvalue weighted by Gasteiger charge is -2.36. The van der Waals surface area contributed by atoms with Crippen molar-refractivity contribution >= 4 is 34.4 Å². The van der Waals surface area contributed by atoms with Crippen molar-refractivity contribution in [2.75, 3.05) is 4.90 Å². The smallest absolute Gasteiger partial charge is 0.332 e. The third-order valence-corrected chi connectivity index (χ3v) is 8.22. The van der Waals surface area contributed by atoms with Crippen molar-refractivity contribution < 1.29 is 14.4 Å². The molecule has 7 nitrogen and oxygen atoms in total. The van der Waals surface area contributed by atoms with E-state index in [9.17, 15) is 14.4 Å². The van der Waals surface area contributed by atoms with Gasteiger partial charge in [-0.25, -0.2) is 9.69 Å². The standard InChI is InChI=1S/C34H28N4O3/c1-21-9-5-6-12-25(21)31-30-27(26-13-7-8-14-28(26)36-30)19-29-33(40)37(34(41)38(29)31)24-17-15-23(16-18-24)32(39)35-20-22-10-3-2-4-11-22/h2-18,29,31,36H,19-20H2,1H3,(H,35,39). The van der Waals surface area contributed by atoms with Crippen LogP contribution in [0.1, 0.15) is 44.3 Å². The summed E-state index contributed by atoms with van der Waals surface area (Å²) in [6, 6.07) is 31.0. The number of amides is 4. The van der Waals surface area contributed by atoms with Gasteiger partial charge >= 0.3 is 6.03 Å². The summed E-state index contributed by atoms with van der Waals surface area (Å²) in [5.74, 6) is -0.479. The maximum atomic E-state index is 14.1. The number of hydrogen-bond acceptors (Lipinski definition) is 3. The van der Waals surface area contributed by atoms with Gasteiger partial charge in [-0.3, -0.25) is 14.5 Å². The number of carbonyl (C=O) groups is 3. The molecule has 0 radical (unpaired) electrons. The van der Waals surface area contributed by atoms with Crippen molar-refractivity contribution in [3.05, 3.63) is 137 Å². The first-order valence-corrected chi connectivity index (χ1v) is 13.7. The van der Waals surface area contributed by atoms with Gasteiger partial charge in [-0.05, 0) is 59.5 Å². The predicted molar refractivity (Wildman–Crippen MR) is 158 cm³/mol. The highest BCUT2D eigenvalue weighted by Gasteiger charge is 2.53. The molecule has 0 bridgehead atoms. The van der Waals surface area contributed by atoms with Crippen LogP contribution in [0.3, 0.4) is 0 Å². The zero-order valence-corrected chi connectivity index (χ0v) is 22.5. The van der Waals surface area contributed by atoms with Crippen LogP contribution in [0.5, 0.6) is 0 Å². The molecule has 202 valence electrons. The number of anilines is 1. The number of urea groups is 1. The van der Waals surface area contributed by atoms with Crippen molar-refractivity contribution in [3.8, 4) is 0 Å².